The van der Waals surface area contributed by atoms with Crippen molar-refractivity contribution in [3.63, 3.8) is 0 Å². The number of hydrogen-bond acceptors (Lipinski definition) is 3. The maximum Gasteiger partial charge on any atom is 0.123 e. The second kappa shape index (κ2) is 7.27. The third-order valence-corrected chi connectivity index (χ3v) is 3.85. The molecule has 4 heteroatoms. The predicted octanol–water partition coefficient (Wildman–Crippen LogP) is 3.19. The first-order chi connectivity index (χ1) is 10.5. The molecule has 0 amide bonds. The summed E-state index contributed by atoms with van der Waals surface area (Å²) < 4.78 is 18.9. The van der Waals surface area contributed by atoms with Crippen molar-refractivity contribution in [3.8, 4) is 5.75 Å². The van der Waals surface area contributed by atoms with E-state index in [1.807, 2.05) is 14.1 Å². The van der Waals surface area contributed by atoms with Crippen molar-refractivity contribution >= 4 is 5.69 Å². The van der Waals surface area contributed by atoms with E-state index in [0.29, 0.717) is 12.3 Å². The lowest BCUT2D eigenvalue weighted by Gasteiger charge is -2.19. The third-order valence-electron chi connectivity index (χ3n) is 3.85. The van der Waals surface area contributed by atoms with Crippen molar-refractivity contribution in [1.29, 1.82) is 0 Å². The fourth-order valence-electron chi connectivity index (χ4n) is 2.56. The minimum absolute atomic E-state index is 0.0239. The number of anilines is 1. The Morgan fingerprint density at radius 1 is 1.14 bits per heavy atom. The third kappa shape index (κ3) is 3.77. The number of rotatable bonds is 6. The number of methoxy groups -OCH3 is 1. The SMILES string of the molecule is COc1ccc(F)cc1C(CN)Cc1ccc(N(C)C)cc1. The molecule has 0 aromatic heterocycles. The summed E-state index contributed by atoms with van der Waals surface area (Å²) in [5.41, 5.74) is 9.06. The van der Waals surface area contributed by atoms with Crippen LogP contribution in [-0.2, 0) is 6.42 Å². The van der Waals surface area contributed by atoms with Crippen LogP contribution in [0.5, 0.6) is 5.75 Å². The van der Waals surface area contributed by atoms with Gasteiger partial charge in [0.25, 0.3) is 0 Å². The molecule has 0 fully saturated rings. The summed E-state index contributed by atoms with van der Waals surface area (Å²) in [5, 5.41) is 0. The van der Waals surface area contributed by atoms with Gasteiger partial charge in [-0.1, -0.05) is 12.1 Å². The molecule has 0 aliphatic rings. The van der Waals surface area contributed by atoms with Crippen LogP contribution in [-0.4, -0.2) is 27.7 Å². The molecule has 1 atom stereocenters. The summed E-state index contributed by atoms with van der Waals surface area (Å²) in [4.78, 5) is 2.06. The van der Waals surface area contributed by atoms with Gasteiger partial charge in [0.1, 0.15) is 11.6 Å². The summed E-state index contributed by atoms with van der Waals surface area (Å²) >= 11 is 0. The van der Waals surface area contributed by atoms with E-state index >= 15 is 0 Å². The van der Waals surface area contributed by atoms with Crippen molar-refractivity contribution in [2.75, 3.05) is 32.6 Å². The van der Waals surface area contributed by atoms with Gasteiger partial charge in [-0.15, -0.1) is 0 Å². The van der Waals surface area contributed by atoms with Gasteiger partial charge in [0, 0.05) is 31.3 Å². The molecule has 0 aliphatic heterocycles. The Morgan fingerprint density at radius 2 is 1.82 bits per heavy atom. The molecule has 0 saturated heterocycles. The van der Waals surface area contributed by atoms with E-state index in [9.17, 15) is 4.39 Å². The minimum Gasteiger partial charge on any atom is -0.496 e. The molecule has 0 spiro atoms. The molecule has 1 unspecified atom stereocenters. The highest BCUT2D eigenvalue weighted by molar-refractivity contribution is 5.46. The molecule has 22 heavy (non-hydrogen) atoms. The van der Waals surface area contributed by atoms with Crippen LogP contribution in [0.15, 0.2) is 42.5 Å². The predicted molar refractivity (Wildman–Crippen MR) is 89.2 cm³/mol. The first kappa shape index (κ1) is 16.3. The van der Waals surface area contributed by atoms with Gasteiger partial charge in [-0.2, -0.15) is 0 Å². The Labute approximate surface area is 131 Å². The highest BCUT2D eigenvalue weighted by Crippen LogP contribution is 2.30. The van der Waals surface area contributed by atoms with E-state index in [1.165, 1.54) is 17.7 Å². The normalized spacial score (nSPS) is 12.0. The van der Waals surface area contributed by atoms with Crippen molar-refractivity contribution in [3.05, 3.63) is 59.4 Å². The molecule has 2 aromatic rings. The maximum absolute atomic E-state index is 13.6. The zero-order valence-electron chi connectivity index (χ0n) is 13.3. The topological polar surface area (TPSA) is 38.5 Å². The number of benzene rings is 2. The molecular formula is C18H23FN2O. The Morgan fingerprint density at radius 3 is 2.36 bits per heavy atom. The lowest BCUT2D eigenvalue weighted by atomic mass is 9.91. The van der Waals surface area contributed by atoms with Gasteiger partial charge in [0.05, 0.1) is 7.11 Å². The smallest absolute Gasteiger partial charge is 0.123 e. The van der Waals surface area contributed by atoms with Crippen molar-refractivity contribution in [1.82, 2.24) is 0 Å². The molecule has 0 aliphatic carbocycles. The van der Waals surface area contributed by atoms with Crippen molar-refractivity contribution < 1.29 is 9.13 Å². The van der Waals surface area contributed by atoms with Crippen LogP contribution >= 0.6 is 0 Å². The Kier molecular flexibility index (Phi) is 5.39. The number of nitrogens with zero attached hydrogens (tertiary/aromatic N) is 1. The van der Waals surface area contributed by atoms with Crippen LogP contribution in [0.1, 0.15) is 17.0 Å². The van der Waals surface area contributed by atoms with E-state index in [-0.39, 0.29) is 11.7 Å². The van der Waals surface area contributed by atoms with Crippen LogP contribution < -0.4 is 15.4 Å². The van der Waals surface area contributed by atoms with E-state index in [2.05, 4.69) is 29.2 Å². The average molecular weight is 302 g/mol. The fraction of sp³-hybridized carbons (Fsp3) is 0.333. The van der Waals surface area contributed by atoms with Crippen molar-refractivity contribution in [2.45, 2.75) is 12.3 Å². The quantitative estimate of drug-likeness (QED) is 0.890. The summed E-state index contributed by atoms with van der Waals surface area (Å²) in [7, 11) is 5.61. The summed E-state index contributed by atoms with van der Waals surface area (Å²) in [5.74, 6) is 0.440. The van der Waals surface area contributed by atoms with Gasteiger partial charge in [-0.3, -0.25) is 0 Å². The van der Waals surface area contributed by atoms with Gasteiger partial charge < -0.3 is 15.4 Å². The van der Waals surface area contributed by atoms with Gasteiger partial charge >= 0.3 is 0 Å². The zero-order chi connectivity index (χ0) is 16.1. The van der Waals surface area contributed by atoms with Crippen LogP contribution in [0.3, 0.4) is 0 Å². The van der Waals surface area contributed by atoms with Crippen molar-refractivity contribution in [2.24, 2.45) is 5.73 Å². The molecule has 118 valence electrons. The lowest BCUT2D eigenvalue weighted by molar-refractivity contribution is 0.403. The monoisotopic (exact) mass is 302 g/mol. The Bertz CT molecular complexity index is 611. The Hall–Kier alpha value is -2.07. The maximum atomic E-state index is 13.6. The van der Waals surface area contributed by atoms with Gasteiger partial charge in [0.15, 0.2) is 0 Å². The van der Waals surface area contributed by atoms with E-state index in [0.717, 1.165) is 17.7 Å². The zero-order valence-corrected chi connectivity index (χ0v) is 13.3. The van der Waals surface area contributed by atoms with Gasteiger partial charge in [0.2, 0.25) is 0 Å². The van der Waals surface area contributed by atoms with E-state index in [1.54, 1.807) is 13.2 Å². The van der Waals surface area contributed by atoms with E-state index in [4.69, 9.17) is 10.5 Å². The second-order valence-electron chi connectivity index (χ2n) is 5.58. The average Bonchev–Trinajstić information content (AvgIpc) is 2.53. The lowest BCUT2D eigenvalue weighted by Crippen LogP contribution is -2.16. The molecule has 2 aromatic carbocycles. The largest absolute Gasteiger partial charge is 0.496 e. The fourth-order valence-corrected chi connectivity index (χ4v) is 2.56. The number of halogens is 1. The summed E-state index contributed by atoms with van der Waals surface area (Å²) in [6, 6.07) is 12.9. The summed E-state index contributed by atoms with van der Waals surface area (Å²) in [6.45, 7) is 0.440. The molecule has 0 bridgehead atoms. The molecule has 0 heterocycles. The minimum atomic E-state index is -0.266. The molecule has 3 nitrogen and oxygen atoms in total. The second-order valence-corrected chi connectivity index (χ2v) is 5.58. The summed E-state index contributed by atoms with van der Waals surface area (Å²) in [6.07, 6.45) is 0.754. The standard InChI is InChI=1S/C18H23FN2O/c1-21(2)16-7-4-13(5-8-16)10-14(12-20)17-11-15(19)6-9-18(17)22-3/h4-9,11,14H,10,12,20H2,1-3H3. The molecule has 2 rings (SSSR count). The van der Waals surface area contributed by atoms with Gasteiger partial charge in [-0.05, 0) is 48.9 Å². The molecule has 0 saturated carbocycles. The molecule has 0 radical (unpaired) electrons. The highest BCUT2D eigenvalue weighted by atomic mass is 19.1. The number of hydrogen-bond donors (Lipinski definition) is 1. The van der Waals surface area contributed by atoms with E-state index < -0.39 is 0 Å². The first-order valence-electron chi connectivity index (χ1n) is 7.35. The van der Waals surface area contributed by atoms with Gasteiger partial charge in [-0.25, -0.2) is 4.39 Å². The molecule has 2 N–H and O–H groups in total. The van der Waals surface area contributed by atoms with Crippen LogP contribution in [0.4, 0.5) is 10.1 Å². The van der Waals surface area contributed by atoms with Crippen LogP contribution in [0, 0.1) is 5.82 Å². The number of nitrogens with two attached hydrogens (primary N) is 1. The van der Waals surface area contributed by atoms with Crippen LogP contribution in [0.2, 0.25) is 0 Å². The molecular weight excluding hydrogens is 279 g/mol. The Balaban J connectivity index is 2.23. The number of ether oxygens (including phenoxy) is 1. The first-order valence-corrected chi connectivity index (χ1v) is 7.35. The van der Waals surface area contributed by atoms with Crippen LogP contribution in [0.25, 0.3) is 0 Å². The highest BCUT2D eigenvalue weighted by Gasteiger charge is 2.16.